The van der Waals surface area contributed by atoms with E-state index < -0.39 is 17.6 Å². The lowest BCUT2D eigenvalue weighted by molar-refractivity contribution is -0.116. The van der Waals surface area contributed by atoms with Crippen molar-refractivity contribution in [1.82, 2.24) is 0 Å². The van der Waals surface area contributed by atoms with E-state index in [0.29, 0.717) is 5.69 Å². The molecule has 108 valence electrons. The summed E-state index contributed by atoms with van der Waals surface area (Å²) in [6.45, 7) is 3.92. The summed E-state index contributed by atoms with van der Waals surface area (Å²) in [5, 5.41) is 2.81. The number of rotatable bonds is 1. The van der Waals surface area contributed by atoms with Gasteiger partial charge in [0, 0.05) is 18.0 Å². The lowest BCUT2D eigenvalue weighted by atomic mass is 9.83. The summed E-state index contributed by atoms with van der Waals surface area (Å²) in [6.07, 6.45) is 0.121. The van der Waals surface area contributed by atoms with Crippen LogP contribution in [0.2, 0.25) is 0 Å². The van der Waals surface area contributed by atoms with Gasteiger partial charge in [0.2, 0.25) is 5.91 Å². The number of anilines is 1. The third kappa shape index (κ3) is 2.31. The molecule has 0 radical (unpaired) electrons. The van der Waals surface area contributed by atoms with Gasteiger partial charge in [0.1, 0.15) is 0 Å². The molecule has 1 aliphatic rings. The highest BCUT2D eigenvalue weighted by Crippen LogP contribution is 2.39. The Balaban J connectivity index is 2.19. The molecule has 1 unspecified atom stereocenters. The first-order chi connectivity index (χ1) is 9.97. The van der Waals surface area contributed by atoms with Gasteiger partial charge in [0.25, 0.3) is 0 Å². The standard InChI is InChI=1S/C17H15F2NO/c1-9-6-13-12(11-4-3-5-14(18)17(11)19)8-16(21)20-15(13)7-10(9)2/h3-7,12H,8H2,1-2H3,(H,20,21). The first-order valence-corrected chi connectivity index (χ1v) is 6.82. The average molecular weight is 287 g/mol. The highest BCUT2D eigenvalue weighted by Gasteiger charge is 2.29. The fraction of sp³-hybridized carbons (Fsp3) is 0.235. The normalized spacial score (nSPS) is 17.3. The first kappa shape index (κ1) is 13.7. The number of hydrogen-bond donors (Lipinski definition) is 1. The van der Waals surface area contributed by atoms with Gasteiger partial charge >= 0.3 is 0 Å². The second kappa shape index (κ2) is 4.95. The van der Waals surface area contributed by atoms with Crippen molar-refractivity contribution in [3.63, 3.8) is 0 Å². The average Bonchev–Trinajstić information content (AvgIpc) is 2.43. The Hall–Kier alpha value is -2.23. The monoisotopic (exact) mass is 287 g/mol. The van der Waals surface area contributed by atoms with E-state index in [-0.39, 0.29) is 17.9 Å². The van der Waals surface area contributed by atoms with Gasteiger partial charge in [-0.25, -0.2) is 8.78 Å². The summed E-state index contributed by atoms with van der Waals surface area (Å²) in [5.74, 6) is -2.39. The number of carbonyl (C=O) groups is 1. The van der Waals surface area contributed by atoms with E-state index in [1.807, 2.05) is 26.0 Å². The van der Waals surface area contributed by atoms with Gasteiger partial charge < -0.3 is 5.32 Å². The molecular formula is C17H15F2NO. The van der Waals surface area contributed by atoms with E-state index in [0.717, 1.165) is 22.8 Å². The molecule has 0 spiro atoms. The Labute approximate surface area is 121 Å². The van der Waals surface area contributed by atoms with Gasteiger partial charge in [0.15, 0.2) is 11.6 Å². The molecular weight excluding hydrogens is 272 g/mol. The number of fused-ring (bicyclic) bond motifs is 1. The van der Waals surface area contributed by atoms with Crippen molar-refractivity contribution < 1.29 is 13.6 Å². The lowest BCUT2D eigenvalue weighted by Crippen LogP contribution is -2.24. The first-order valence-electron chi connectivity index (χ1n) is 6.82. The van der Waals surface area contributed by atoms with E-state index in [2.05, 4.69) is 5.32 Å². The van der Waals surface area contributed by atoms with E-state index in [9.17, 15) is 13.6 Å². The summed E-state index contributed by atoms with van der Waals surface area (Å²) in [4.78, 5) is 11.9. The lowest BCUT2D eigenvalue weighted by Gasteiger charge is -2.27. The van der Waals surface area contributed by atoms with Crippen LogP contribution >= 0.6 is 0 Å². The molecule has 1 aliphatic heterocycles. The molecule has 1 amide bonds. The third-order valence-electron chi connectivity index (χ3n) is 4.06. The molecule has 2 aromatic rings. The Morgan fingerprint density at radius 1 is 1.10 bits per heavy atom. The number of amides is 1. The van der Waals surface area contributed by atoms with Gasteiger partial charge in [-0.2, -0.15) is 0 Å². The minimum Gasteiger partial charge on any atom is -0.326 e. The van der Waals surface area contributed by atoms with Crippen molar-refractivity contribution in [3.05, 3.63) is 64.2 Å². The van der Waals surface area contributed by atoms with Crippen LogP contribution in [0.4, 0.5) is 14.5 Å². The molecule has 0 aromatic heterocycles. The Kier molecular flexibility index (Phi) is 3.24. The molecule has 0 aliphatic carbocycles. The maximum Gasteiger partial charge on any atom is 0.225 e. The molecule has 2 nitrogen and oxygen atoms in total. The second-order valence-electron chi connectivity index (χ2n) is 5.47. The van der Waals surface area contributed by atoms with Crippen LogP contribution < -0.4 is 5.32 Å². The smallest absolute Gasteiger partial charge is 0.225 e. The summed E-state index contributed by atoms with van der Waals surface area (Å²) in [6, 6.07) is 7.93. The van der Waals surface area contributed by atoms with Gasteiger partial charge in [0.05, 0.1) is 0 Å². The van der Waals surface area contributed by atoms with Crippen molar-refractivity contribution in [2.75, 3.05) is 5.32 Å². The highest BCUT2D eigenvalue weighted by molar-refractivity contribution is 5.95. The van der Waals surface area contributed by atoms with Gasteiger partial charge in [-0.15, -0.1) is 0 Å². The van der Waals surface area contributed by atoms with Crippen LogP contribution in [0.1, 0.15) is 34.6 Å². The quantitative estimate of drug-likeness (QED) is 0.842. The summed E-state index contributed by atoms with van der Waals surface area (Å²) in [5.41, 5.74) is 3.86. The largest absolute Gasteiger partial charge is 0.326 e. The minimum absolute atomic E-state index is 0.121. The predicted octanol–water partition coefficient (Wildman–Crippen LogP) is 4.06. The van der Waals surface area contributed by atoms with Crippen LogP contribution in [-0.2, 0) is 4.79 Å². The van der Waals surface area contributed by atoms with Crippen LogP contribution in [0.3, 0.4) is 0 Å². The summed E-state index contributed by atoms with van der Waals surface area (Å²) in [7, 11) is 0. The number of nitrogens with one attached hydrogen (secondary N) is 1. The summed E-state index contributed by atoms with van der Waals surface area (Å²) < 4.78 is 27.6. The fourth-order valence-corrected chi connectivity index (χ4v) is 2.80. The van der Waals surface area contributed by atoms with Crippen LogP contribution in [-0.4, -0.2) is 5.91 Å². The molecule has 3 rings (SSSR count). The summed E-state index contributed by atoms with van der Waals surface area (Å²) >= 11 is 0. The number of hydrogen-bond acceptors (Lipinski definition) is 1. The molecule has 0 saturated carbocycles. The Morgan fingerprint density at radius 2 is 1.81 bits per heavy atom. The van der Waals surface area contributed by atoms with Crippen molar-refractivity contribution in [2.45, 2.75) is 26.2 Å². The van der Waals surface area contributed by atoms with Crippen LogP contribution in [0.5, 0.6) is 0 Å². The third-order valence-corrected chi connectivity index (χ3v) is 4.06. The fourth-order valence-electron chi connectivity index (χ4n) is 2.80. The minimum atomic E-state index is -0.885. The molecule has 0 fully saturated rings. The Bertz CT molecular complexity index is 740. The van der Waals surface area contributed by atoms with E-state index >= 15 is 0 Å². The van der Waals surface area contributed by atoms with E-state index in [1.165, 1.54) is 6.07 Å². The molecule has 2 aromatic carbocycles. The van der Waals surface area contributed by atoms with Crippen molar-refractivity contribution in [1.29, 1.82) is 0 Å². The SMILES string of the molecule is Cc1cc2c(cc1C)C(c1cccc(F)c1F)CC(=O)N2. The van der Waals surface area contributed by atoms with E-state index in [1.54, 1.807) is 6.07 Å². The molecule has 1 heterocycles. The number of carbonyl (C=O) groups excluding carboxylic acids is 1. The molecule has 0 saturated heterocycles. The van der Waals surface area contributed by atoms with Gasteiger partial charge in [-0.3, -0.25) is 4.79 Å². The molecule has 4 heteroatoms. The molecule has 1 N–H and O–H groups in total. The van der Waals surface area contributed by atoms with Crippen LogP contribution in [0.25, 0.3) is 0 Å². The van der Waals surface area contributed by atoms with Crippen molar-refractivity contribution in [3.8, 4) is 0 Å². The number of halogens is 2. The van der Waals surface area contributed by atoms with Crippen molar-refractivity contribution in [2.24, 2.45) is 0 Å². The second-order valence-corrected chi connectivity index (χ2v) is 5.47. The van der Waals surface area contributed by atoms with Crippen LogP contribution in [0, 0.1) is 25.5 Å². The molecule has 21 heavy (non-hydrogen) atoms. The zero-order valence-corrected chi connectivity index (χ0v) is 11.8. The molecule has 0 bridgehead atoms. The van der Waals surface area contributed by atoms with Crippen molar-refractivity contribution >= 4 is 11.6 Å². The topological polar surface area (TPSA) is 29.1 Å². The maximum absolute atomic E-state index is 14.1. The Morgan fingerprint density at radius 3 is 2.57 bits per heavy atom. The number of aryl methyl sites for hydroxylation is 2. The van der Waals surface area contributed by atoms with Gasteiger partial charge in [-0.1, -0.05) is 18.2 Å². The highest BCUT2D eigenvalue weighted by atomic mass is 19.2. The van der Waals surface area contributed by atoms with E-state index in [4.69, 9.17) is 0 Å². The van der Waals surface area contributed by atoms with Crippen LogP contribution in [0.15, 0.2) is 30.3 Å². The maximum atomic E-state index is 14.1. The molecule has 1 atom stereocenters. The van der Waals surface area contributed by atoms with Gasteiger partial charge in [-0.05, 0) is 48.2 Å². The zero-order valence-electron chi connectivity index (χ0n) is 11.8. The zero-order chi connectivity index (χ0) is 15.1. The number of benzene rings is 2. The predicted molar refractivity (Wildman–Crippen MR) is 77.4 cm³/mol.